The molecular weight excluding hydrogens is 212 g/mol. The van der Waals surface area contributed by atoms with Crippen molar-refractivity contribution in [2.24, 2.45) is 0 Å². The predicted molar refractivity (Wildman–Crippen MR) is 73.5 cm³/mol. The van der Waals surface area contributed by atoms with Gasteiger partial charge in [0, 0.05) is 19.7 Å². The Balaban J connectivity index is 2.37. The van der Waals surface area contributed by atoms with Crippen molar-refractivity contribution in [3.63, 3.8) is 0 Å². The van der Waals surface area contributed by atoms with Crippen LogP contribution in [-0.2, 0) is 4.74 Å². The van der Waals surface area contributed by atoms with E-state index in [0.717, 1.165) is 19.0 Å². The lowest BCUT2D eigenvalue weighted by Crippen LogP contribution is -2.43. The lowest BCUT2D eigenvalue weighted by molar-refractivity contribution is 0.000488. The number of nitrogens with one attached hydrogen (secondary N) is 1. The fourth-order valence-electron chi connectivity index (χ4n) is 2.51. The average Bonchev–Trinajstić information content (AvgIpc) is 2.35. The molecule has 1 N–H and O–H groups in total. The monoisotopic (exact) mass is 242 g/mol. The van der Waals surface area contributed by atoms with Gasteiger partial charge in [-0.25, -0.2) is 0 Å². The summed E-state index contributed by atoms with van der Waals surface area (Å²) in [6, 6.07) is 0.781. The summed E-state index contributed by atoms with van der Waals surface area (Å²) in [4.78, 5) is 2.67. The van der Waals surface area contributed by atoms with Crippen molar-refractivity contribution in [2.75, 3.05) is 33.8 Å². The molecule has 0 radical (unpaired) electrons. The summed E-state index contributed by atoms with van der Waals surface area (Å²) in [5.74, 6) is 0. The predicted octanol–water partition coefficient (Wildman–Crippen LogP) is 2.27. The molecule has 0 spiro atoms. The van der Waals surface area contributed by atoms with Gasteiger partial charge in [-0.15, -0.1) is 0 Å². The summed E-state index contributed by atoms with van der Waals surface area (Å²) < 4.78 is 5.51. The Bertz CT molecular complexity index is 206. The molecule has 1 aliphatic heterocycles. The molecule has 17 heavy (non-hydrogen) atoms. The van der Waals surface area contributed by atoms with Crippen LogP contribution in [0.15, 0.2) is 0 Å². The minimum atomic E-state index is 0.0189. The van der Waals surface area contributed by atoms with Crippen LogP contribution in [0.2, 0.25) is 0 Å². The first-order chi connectivity index (χ1) is 8.09. The van der Waals surface area contributed by atoms with Gasteiger partial charge in [0.2, 0.25) is 0 Å². The van der Waals surface area contributed by atoms with Gasteiger partial charge < -0.3 is 15.0 Å². The first-order valence-corrected chi connectivity index (χ1v) is 7.03. The van der Waals surface area contributed by atoms with Gasteiger partial charge in [-0.1, -0.05) is 6.42 Å². The molecule has 0 aromatic carbocycles. The number of nitrogens with zero attached hydrogens (tertiary/aromatic N) is 1. The molecule has 0 aromatic heterocycles. The van der Waals surface area contributed by atoms with Crippen LogP contribution in [0.1, 0.15) is 46.0 Å². The highest BCUT2D eigenvalue weighted by Crippen LogP contribution is 2.22. The Kier molecular flexibility index (Phi) is 6.45. The van der Waals surface area contributed by atoms with Crippen molar-refractivity contribution in [3.8, 4) is 0 Å². The largest absolute Gasteiger partial charge is 0.379 e. The van der Waals surface area contributed by atoms with E-state index in [9.17, 15) is 0 Å². The van der Waals surface area contributed by atoms with Gasteiger partial charge in [0.1, 0.15) is 0 Å². The smallest absolute Gasteiger partial charge is 0.0634 e. The van der Waals surface area contributed by atoms with Gasteiger partial charge in [0.15, 0.2) is 0 Å². The summed E-state index contributed by atoms with van der Waals surface area (Å²) in [6.45, 7) is 7.94. The van der Waals surface area contributed by atoms with Crippen molar-refractivity contribution < 1.29 is 4.74 Å². The van der Waals surface area contributed by atoms with Crippen LogP contribution in [0, 0.1) is 0 Å². The highest BCUT2D eigenvalue weighted by Gasteiger charge is 2.24. The number of piperidine rings is 1. The molecule has 1 saturated heterocycles. The van der Waals surface area contributed by atoms with Crippen LogP contribution in [-0.4, -0.2) is 50.3 Å². The third kappa shape index (κ3) is 5.36. The van der Waals surface area contributed by atoms with Gasteiger partial charge in [-0.2, -0.15) is 0 Å². The topological polar surface area (TPSA) is 24.5 Å². The molecule has 102 valence electrons. The van der Waals surface area contributed by atoms with Gasteiger partial charge in [0.25, 0.3) is 0 Å². The summed E-state index contributed by atoms with van der Waals surface area (Å²) in [6.07, 6.45) is 6.54. The van der Waals surface area contributed by atoms with E-state index >= 15 is 0 Å². The second-order valence-electron chi connectivity index (χ2n) is 5.79. The van der Waals surface area contributed by atoms with Crippen molar-refractivity contribution in [3.05, 3.63) is 0 Å². The molecule has 1 atom stereocenters. The maximum atomic E-state index is 5.51. The number of hydrogen-bond donors (Lipinski definition) is 1. The van der Waals surface area contributed by atoms with Gasteiger partial charge in [-0.3, -0.25) is 0 Å². The average molecular weight is 242 g/mol. The fourth-order valence-corrected chi connectivity index (χ4v) is 2.51. The van der Waals surface area contributed by atoms with E-state index < -0.39 is 0 Å². The lowest BCUT2D eigenvalue weighted by Gasteiger charge is -2.37. The highest BCUT2D eigenvalue weighted by molar-refractivity contribution is 4.80. The Morgan fingerprint density at radius 3 is 2.76 bits per heavy atom. The molecule has 1 aliphatic rings. The first-order valence-electron chi connectivity index (χ1n) is 7.03. The second kappa shape index (κ2) is 7.34. The maximum Gasteiger partial charge on any atom is 0.0634 e. The van der Waals surface area contributed by atoms with Crippen molar-refractivity contribution in [1.29, 1.82) is 0 Å². The van der Waals surface area contributed by atoms with Crippen molar-refractivity contribution in [2.45, 2.75) is 57.6 Å². The molecule has 0 aliphatic carbocycles. The molecule has 1 unspecified atom stereocenters. The second-order valence-corrected chi connectivity index (χ2v) is 5.79. The summed E-state index contributed by atoms with van der Waals surface area (Å²) in [5.41, 5.74) is 0.0189. The van der Waals surface area contributed by atoms with E-state index in [0.29, 0.717) is 0 Å². The Hall–Kier alpha value is -0.120. The van der Waals surface area contributed by atoms with E-state index in [1.165, 1.54) is 38.8 Å². The third-order valence-electron chi connectivity index (χ3n) is 4.03. The van der Waals surface area contributed by atoms with E-state index in [4.69, 9.17) is 4.74 Å². The normalized spacial score (nSPS) is 22.9. The Labute approximate surface area is 107 Å². The van der Waals surface area contributed by atoms with Crippen molar-refractivity contribution in [1.82, 2.24) is 10.2 Å². The Morgan fingerprint density at radius 2 is 2.12 bits per heavy atom. The standard InChI is InChI=1S/C14H30N2O/c1-14(2,17-4)9-12-16-11-6-5-7-13(16)8-10-15-3/h13,15H,5-12H2,1-4H3. The molecule has 1 rings (SSSR count). The molecule has 0 saturated carbocycles. The third-order valence-corrected chi connectivity index (χ3v) is 4.03. The Morgan fingerprint density at radius 1 is 1.35 bits per heavy atom. The van der Waals surface area contributed by atoms with Crippen LogP contribution in [0.25, 0.3) is 0 Å². The fraction of sp³-hybridized carbons (Fsp3) is 1.00. The molecule has 1 fully saturated rings. The summed E-state index contributed by atoms with van der Waals surface area (Å²) >= 11 is 0. The minimum absolute atomic E-state index is 0.0189. The van der Waals surface area contributed by atoms with Crippen LogP contribution in [0.4, 0.5) is 0 Å². The minimum Gasteiger partial charge on any atom is -0.379 e. The van der Waals surface area contributed by atoms with E-state index in [1.807, 2.05) is 14.2 Å². The highest BCUT2D eigenvalue weighted by atomic mass is 16.5. The summed E-state index contributed by atoms with van der Waals surface area (Å²) in [7, 11) is 3.86. The van der Waals surface area contributed by atoms with Gasteiger partial charge in [-0.05, 0) is 59.7 Å². The zero-order chi connectivity index (χ0) is 12.7. The lowest BCUT2D eigenvalue weighted by atomic mass is 9.97. The maximum absolute atomic E-state index is 5.51. The number of rotatable bonds is 7. The molecule has 0 bridgehead atoms. The number of ether oxygens (including phenoxy) is 1. The van der Waals surface area contributed by atoms with Crippen LogP contribution in [0.3, 0.4) is 0 Å². The van der Waals surface area contributed by atoms with Crippen LogP contribution in [0.5, 0.6) is 0 Å². The van der Waals surface area contributed by atoms with E-state index in [1.54, 1.807) is 0 Å². The molecular formula is C14H30N2O. The molecule has 3 heteroatoms. The van der Waals surface area contributed by atoms with Gasteiger partial charge >= 0.3 is 0 Å². The number of hydrogen-bond acceptors (Lipinski definition) is 3. The number of methoxy groups -OCH3 is 1. The van der Waals surface area contributed by atoms with Crippen LogP contribution < -0.4 is 5.32 Å². The molecule has 1 heterocycles. The quantitative estimate of drug-likeness (QED) is 0.741. The van der Waals surface area contributed by atoms with Crippen molar-refractivity contribution >= 4 is 0 Å². The van der Waals surface area contributed by atoms with Gasteiger partial charge in [0.05, 0.1) is 5.60 Å². The molecule has 0 aromatic rings. The van der Waals surface area contributed by atoms with E-state index in [-0.39, 0.29) is 5.60 Å². The zero-order valence-electron chi connectivity index (χ0n) is 12.1. The molecule has 3 nitrogen and oxygen atoms in total. The summed E-state index contributed by atoms with van der Waals surface area (Å²) in [5, 5.41) is 3.27. The zero-order valence-corrected chi connectivity index (χ0v) is 12.1. The SMILES string of the molecule is CNCCC1CCCCN1CCC(C)(C)OC. The van der Waals surface area contributed by atoms with E-state index in [2.05, 4.69) is 24.1 Å². The van der Waals surface area contributed by atoms with Crippen LogP contribution >= 0.6 is 0 Å². The first kappa shape index (κ1) is 14.9. The number of likely N-dealkylation sites (tertiary alicyclic amines) is 1. The molecule has 0 amide bonds.